The van der Waals surface area contributed by atoms with Crippen LogP contribution in [0.2, 0.25) is 0 Å². The van der Waals surface area contributed by atoms with E-state index in [0.717, 1.165) is 5.33 Å². The zero-order valence-corrected chi connectivity index (χ0v) is 10.0. The normalized spacial score (nSPS) is 10.2. The molecule has 0 radical (unpaired) electrons. The Bertz CT molecular complexity index is 337. The molecule has 0 aliphatic rings. The van der Waals surface area contributed by atoms with Crippen molar-refractivity contribution < 1.29 is 0 Å². The van der Waals surface area contributed by atoms with Gasteiger partial charge in [-0.15, -0.1) is 0 Å². The lowest BCUT2D eigenvalue weighted by molar-refractivity contribution is 1.20. The predicted octanol–water partition coefficient (Wildman–Crippen LogP) is 4.15. The quantitative estimate of drug-likeness (QED) is 0.680. The van der Waals surface area contributed by atoms with Gasteiger partial charge in [-0.25, -0.2) is 0 Å². The van der Waals surface area contributed by atoms with E-state index in [1.165, 1.54) is 27.8 Å². The lowest BCUT2D eigenvalue weighted by atomic mass is 9.95. The fourth-order valence-electron chi connectivity index (χ4n) is 1.49. The van der Waals surface area contributed by atoms with E-state index in [1.54, 1.807) is 0 Å². The molecule has 0 amide bonds. The highest BCUT2D eigenvalue weighted by molar-refractivity contribution is 9.08. The van der Waals surface area contributed by atoms with Gasteiger partial charge in [0.05, 0.1) is 0 Å². The van der Waals surface area contributed by atoms with Crippen molar-refractivity contribution in [3.05, 3.63) is 40.5 Å². The van der Waals surface area contributed by atoms with E-state index < -0.39 is 0 Å². The summed E-state index contributed by atoms with van der Waals surface area (Å²) >= 11 is 3.50. The summed E-state index contributed by atoms with van der Waals surface area (Å²) in [7, 11) is 0. The summed E-state index contributed by atoms with van der Waals surface area (Å²) in [4.78, 5) is 0. The summed E-state index contributed by atoms with van der Waals surface area (Å²) in [5.41, 5.74) is 6.72. The minimum Gasteiger partial charge on any atom is -0.0985 e. The minimum atomic E-state index is 0.917. The van der Waals surface area contributed by atoms with Crippen LogP contribution >= 0.6 is 15.9 Å². The molecule has 0 aliphatic heterocycles. The van der Waals surface area contributed by atoms with E-state index in [2.05, 4.69) is 49.3 Å². The molecule has 0 N–H and O–H groups in total. The van der Waals surface area contributed by atoms with Crippen molar-refractivity contribution in [1.29, 1.82) is 0 Å². The highest BCUT2D eigenvalue weighted by atomic mass is 79.9. The Hall–Kier alpha value is -0.560. The van der Waals surface area contributed by atoms with Crippen molar-refractivity contribution in [3.8, 4) is 0 Å². The summed E-state index contributed by atoms with van der Waals surface area (Å²) in [5, 5.41) is 0.917. The zero-order valence-electron chi connectivity index (χ0n) is 8.45. The van der Waals surface area contributed by atoms with Crippen molar-refractivity contribution in [1.82, 2.24) is 0 Å². The van der Waals surface area contributed by atoms with Gasteiger partial charge in [-0.3, -0.25) is 0 Å². The molecule has 0 aliphatic carbocycles. The molecule has 0 saturated heterocycles. The highest BCUT2D eigenvalue weighted by Crippen LogP contribution is 2.23. The van der Waals surface area contributed by atoms with Crippen molar-refractivity contribution >= 4 is 22.0 Å². The number of hydrogen-bond donors (Lipinski definition) is 0. The number of alkyl halides is 1. The molecule has 0 spiro atoms. The highest BCUT2D eigenvalue weighted by Gasteiger charge is 2.06. The van der Waals surface area contributed by atoms with Crippen molar-refractivity contribution in [2.45, 2.75) is 26.1 Å². The Kier molecular flexibility index (Phi) is 3.32. The Labute approximate surface area is 88.8 Å². The van der Waals surface area contributed by atoms with Gasteiger partial charge < -0.3 is 0 Å². The molecule has 0 atom stereocenters. The van der Waals surface area contributed by atoms with Crippen LogP contribution in [0.5, 0.6) is 0 Å². The molecule has 1 heteroatoms. The van der Waals surface area contributed by atoms with Gasteiger partial charge >= 0.3 is 0 Å². The standard InChI is InChI=1S/C12H15Br/c1-5-11-6-12(7-13)10(4)8(2)9(11)3/h5-6H,1,7H2,2-4H3. The van der Waals surface area contributed by atoms with Crippen LogP contribution in [-0.4, -0.2) is 0 Å². The number of halogens is 1. The molecule has 1 aromatic carbocycles. The van der Waals surface area contributed by atoms with Gasteiger partial charge in [0.2, 0.25) is 0 Å². The van der Waals surface area contributed by atoms with Gasteiger partial charge in [0.15, 0.2) is 0 Å². The second kappa shape index (κ2) is 4.10. The van der Waals surface area contributed by atoms with Crippen LogP contribution < -0.4 is 0 Å². The first-order chi connectivity index (χ1) is 6.11. The Morgan fingerprint density at radius 1 is 1.23 bits per heavy atom. The third-order valence-corrected chi connectivity index (χ3v) is 3.34. The van der Waals surface area contributed by atoms with Gasteiger partial charge in [-0.1, -0.05) is 34.7 Å². The summed E-state index contributed by atoms with van der Waals surface area (Å²) in [6, 6.07) is 2.21. The number of hydrogen-bond acceptors (Lipinski definition) is 0. The summed E-state index contributed by atoms with van der Waals surface area (Å²) in [6.45, 7) is 10.3. The molecule has 0 aromatic heterocycles. The van der Waals surface area contributed by atoms with Crippen LogP contribution in [0.3, 0.4) is 0 Å². The van der Waals surface area contributed by atoms with Gasteiger partial charge in [0.1, 0.15) is 0 Å². The molecule has 70 valence electrons. The van der Waals surface area contributed by atoms with Gasteiger partial charge in [-0.2, -0.15) is 0 Å². The summed E-state index contributed by atoms with van der Waals surface area (Å²) in [5.74, 6) is 0. The first-order valence-electron chi connectivity index (χ1n) is 4.40. The maximum Gasteiger partial charge on any atom is 0.0285 e. The first-order valence-corrected chi connectivity index (χ1v) is 5.52. The lowest BCUT2D eigenvalue weighted by Gasteiger charge is -2.12. The smallest absolute Gasteiger partial charge is 0.0285 e. The van der Waals surface area contributed by atoms with E-state index >= 15 is 0 Å². The van der Waals surface area contributed by atoms with Crippen LogP contribution in [0.1, 0.15) is 27.8 Å². The van der Waals surface area contributed by atoms with Crippen LogP contribution in [0.4, 0.5) is 0 Å². The average molecular weight is 239 g/mol. The van der Waals surface area contributed by atoms with Gasteiger partial charge in [-0.05, 0) is 48.6 Å². The molecule has 0 fully saturated rings. The van der Waals surface area contributed by atoms with E-state index in [4.69, 9.17) is 0 Å². The topological polar surface area (TPSA) is 0 Å². The minimum absolute atomic E-state index is 0.917. The fourth-order valence-corrected chi connectivity index (χ4v) is 2.08. The van der Waals surface area contributed by atoms with E-state index in [1.807, 2.05) is 6.08 Å². The third-order valence-electron chi connectivity index (χ3n) is 2.73. The summed E-state index contributed by atoms with van der Waals surface area (Å²) in [6.07, 6.45) is 1.92. The molecule has 1 aromatic rings. The van der Waals surface area contributed by atoms with Crippen molar-refractivity contribution in [3.63, 3.8) is 0 Å². The molecule has 0 nitrogen and oxygen atoms in total. The average Bonchev–Trinajstić information content (AvgIpc) is 2.15. The molecular formula is C12H15Br. The predicted molar refractivity (Wildman–Crippen MR) is 63.4 cm³/mol. The van der Waals surface area contributed by atoms with Crippen LogP contribution in [-0.2, 0) is 5.33 Å². The van der Waals surface area contributed by atoms with Crippen LogP contribution in [0, 0.1) is 20.8 Å². The molecule has 1 rings (SSSR count). The van der Waals surface area contributed by atoms with Crippen molar-refractivity contribution in [2.24, 2.45) is 0 Å². The molecular weight excluding hydrogens is 224 g/mol. The second-order valence-electron chi connectivity index (χ2n) is 3.34. The van der Waals surface area contributed by atoms with E-state index in [9.17, 15) is 0 Å². The molecule has 0 unspecified atom stereocenters. The van der Waals surface area contributed by atoms with Gasteiger partial charge in [0.25, 0.3) is 0 Å². The maximum atomic E-state index is 3.82. The third kappa shape index (κ3) is 1.86. The summed E-state index contributed by atoms with van der Waals surface area (Å²) < 4.78 is 0. The van der Waals surface area contributed by atoms with Crippen LogP contribution in [0.25, 0.3) is 6.08 Å². The Morgan fingerprint density at radius 2 is 1.85 bits per heavy atom. The fraction of sp³-hybridized carbons (Fsp3) is 0.333. The van der Waals surface area contributed by atoms with E-state index in [-0.39, 0.29) is 0 Å². The second-order valence-corrected chi connectivity index (χ2v) is 3.90. The SMILES string of the molecule is C=Cc1cc(CBr)c(C)c(C)c1C. The molecule has 0 heterocycles. The Morgan fingerprint density at radius 3 is 2.31 bits per heavy atom. The number of rotatable bonds is 2. The first kappa shape index (κ1) is 10.5. The zero-order chi connectivity index (χ0) is 10.0. The van der Waals surface area contributed by atoms with E-state index in [0.29, 0.717) is 0 Å². The largest absolute Gasteiger partial charge is 0.0985 e. The van der Waals surface area contributed by atoms with Crippen LogP contribution in [0.15, 0.2) is 12.6 Å². The lowest BCUT2D eigenvalue weighted by Crippen LogP contribution is -1.95. The Balaban J connectivity index is 3.45. The number of benzene rings is 1. The molecule has 13 heavy (non-hydrogen) atoms. The molecule has 0 saturated carbocycles. The monoisotopic (exact) mass is 238 g/mol. The van der Waals surface area contributed by atoms with Crippen molar-refractivity contribution in [2.75, 3.05) is 0 Å². The molecule has 0 bridgehead atoms. The maximum absolute atomic E-state index is 3.82. The van der Waals surface area contributed by atoms with Gasteiger partial charge in [0, 0.05) is 5.33 Å².